The molecule has 0 radical (unpaired) electrons. The second kappa shape index (κ2) is 6.83. The molecule has 4 nitrogen and oxygen atoms in total. The smallest absolute Gasteiger partial charge is 0.322 e. The Morgan fingerprint density at radius 1 is 1.41 bits per heavy atom. The quantitative estimate of drug-likeness (QED) is 0.896. The van der Waals surface area contributed by atoms with Crippen LogP contribution in [0.4, 0.5) is 14.9 Å². The summed E-state index contributed by atoms with van der Waals surface area (Å²) in [6.45, 7) is 4.38. The third kappa shape index (κ3) is 3.80. The van der Waals surface area contributed by atoms with Crippen molar-refractivity contribution in [3.63, 3.8) is 0 Å². The van der Waals surface area contributed by atoms with Gasteiger partial charge in [-0.2, -0.15) is 0 Å². The molecule has 0 spiro atoms. The van der Waals surface area contributed by atoms with Gasteiger partial charge in [0, 0.05) is 30.7 Å². The Balaban J connectivity index is 2.12. The highest BCUT2D eigenvalue weighted by Gasteiger charge is 2.18. The first-order chi connectivity index (χ1) is 10.4. The number of amides is 2. The molecule has 0 atom stereocenters. The van der Waals surface area contributed by atoms with Crippen LogP contribution in [0.2, 0.25) is 5.02 Å². The van der Waals surface area contributed by atoms with Crippen molar-refractivity contribution in [1.82, 2.24) is 9.47 Å². The van der Waals surface area contributed by atoms with Gasteiger partial charge in [-0.1, -0.05) is 11.6 Å². The standard InChI is InChI=1S/C16H19ClFN3O/c1-11(2)21(10-13-5-4-8-20(13)3)16(22)19-12-6-7-15(18)14(17)9-12/h4-9,11H,10H2,1-3H3,(H,19,22). The minimum atomic E-state index is -0.510. The molecule has 1 aromatic heterocycles. The van der Waals surface area contributed by atoms with Gasteiger partial charge in [-0.15, -0.1) is 0 Å². The zero-order chi connectivity index (χ0) is 16.3. The van der Waals surface area contributed by atoms with E-state index in [4.69, 9.17) is 11.6 Å². The average molecular weight is 324 g/mol. The lowest BCUT2D eigenvalue weighted by Crippen LogP contribution is -2.39. The van der Waals surface area contributed by atoms with Crippen molar-refractivity contribution in [2.45, 2.75) is 26.4 Å². The van der Waals surface area contributed by atoms with Gasteiger partial charge in [0.1, 0.15) is 5.82 Å². The van der Waals surface area contributed by atoms with E-state index < -0.39 is 5.82 Å². The van der Waals surface area contributed by atoms with Gasteiger partial charge in [0.15, 0.2) is 0 Å². The van der Waals surface area contributed by atoms with E-state index in [-0.39, 0.29) is 17.1 Å². The van der Waals surface area contributed by atoms with E-state index >= 15 is 0 Å². The Bertz CT molecular complexity index is 669. The Morgan fingerprint density at radius 2 is 2.14 bits per heavy atom. The molecule has 1 aromatic carbocycles. The van der Waals surface area contributed by atoms with Crippen molar-refractivity contribution in [2.24, 2.45) is 7.05 Å². The van der Waals surface area contributed by atoms with Crippen LogP contribution >= 0.6 is 11.6 Å². The molecule has 0 aliphatic heterocycles. The molecule has 6 heteroatoms. The predicted molar refractivity (Wildman–Crippen MR) is 86.5 cm³/mol. The summed E-state index contributed by atoms with van der Waals surface area (Å²) < 4.78 is 15.1. The van der Waals surface area contributed by atoms with Gasteiger partial charge in [0.25, 0.3) is 0 Å². The largest absolute Gasteiger partial charge is 0.353 e. The summed E-state index contributed by atoms with van der Waals surface area (Å²) in [5.41, 5.74) is 1.50. The first-order valence-corrected chi connectivity index (χ1v) is 7.39. The molecule has 0 saturated heterocycles. The van der Waals surface area contributed by atoms with Crippen LogP contribution in [0, 0.1) is 5.82 Å². The lowest BCUT2D eigenvalue weighted by atomic mass is 10.3. The van der Waals surface area contributed by atoms with E-state index in [2.05, 4.69) is 5.32 Å². The number of rotatable bonds is 4. The summed E-state index contributed by atoms with van der Waals surface area (Å²) >= 11 is 5.73. The Kier molecular flexibility index (Phi) is 5.08. The highest BCUT2D eigenvalue weighted by molar-refractivity contribution is 6.31. The van der Waals surface area contributed by atoms with Crippen LogP contribution in [0.15, 0.2) is 36.5 Å². The van der Waals surface area contributed by atoms with E-state index in [0.29, 0.717) is 12.2 Å². The van der Waals surface area contributed by atoms with Crippen LogP contribution < -0.4 is 5.32 Å². The van der Waals surface area contributed by atoms with Crippen LogP contribution in [0.5, 0.6) is 0 Å². The molecule has 2 rings (SSSR count). The molecule has 2 aromatic rings. The van der Waals surface area contributed by atoms with Gasteiger partial charge in [0.2, 0.25) is 0 Å². The summed E-state index contributed by atoms with van der Waals surface area (Å²) in [5, 5.41) is 2.73. The van der Waals surface area contributed by atoms with Crippen molar-refractivity contribution < 1.29 is 9.18 Å². The monoisotopic (exact) mass is 323 g/mol. The number of benzene rings is 1. The fourth-order valence-electron chi connectivity index (χ4n) is 2.09. The second-order valence-electron chi connectivity index (χ2n) is 5.39. The maximum atomic E-state index is 13.2. The fourth-order valence-corrected chi connectivity index (χ4v) is 2.27. The van der Waals surface area contributed by atoms with Gasteiger partial charge in [0.05, 0.1) is 11.6 Å². The summed E-state index contributed by atoms with van der Waals surface area (Å²) in [5.74, 6) is -0.510. The van der Waals surface area contributed by atoms with Crippen LogP contribution in [-0.2, 0) is 13.6 Å². The van der Waals surface area contributed by atoms with E-state index in [9.17, 15) is 9.18 Å². The maximum absolute atomic E-state index is 13.2. The SMILES string of the molecule is CC(C)N(Cc1cccn1C)C(=O)Nc1ccc(F)c(Cl)c1. The summed E-state index contributed by atoms with van der Waals surface area (Å²) in [6, 6.07) is 7.79. The third-order valence-electron chi connectivity index (χ3n) is 3.44. The highest BCUT2D eigenvalue weighted by Crippen LogP contribution is 2.20. The van der Waals surface area contributed by atoms with E-state index in [1.165, 1.54) is 18.2 Å². The lowest BCUT2D eigenvalue weighted by Gasteiger charge is -2.27. The second-order valence-corrected chi connectivity index (χ2v) is 5.80. The number of aromatic nitrogens is 1. The maximum Gasteiger partial charge on any atom is 0.322 e. The number of aryl methyl sites for hydroxylation is 1. The fraction of sp³-hybridized carbons (Fsp3) is 0.312. The van der Waals surface area contributed by atoms with E-state index in [1.54, 1.807) is 4.90 Å². The Morgan fingerprint density at radius 3 is 2.68 bits per heavy atom. The van der Waals surface area contributed by atoms with Crippen LogP contribution in [0.3, 0.4) is 0 Å². The van der Waals surface area contributed by atoms with Crippen LogP contribution in [-0.4, -0.2) is 21.5 Å². The topological polar surface area (TPSA) is 37.3 Å². The number of nitrogens with zero attached hydrogens (tertiary/aromatic N) is 2. The predicted octanol–water partition coefficient (Wildman–Crippen LogP) is 4.26. The van der Waals surface area contributed by atoms with Crippen molar-refractivity contribution in [1.29, 1.82) is 0 Å². The number of hydrogen-bond acceptors (Lipinski definition) is 1. The first-order valence-electron chi connectivity index (χ1n) is 7.01. The molecule has 0 bridgehead atoms. The average Bonchev–Trinajstić information content (AvgIpc) is 2.85. The molecule has 0 aliphatic carbocycles. The van der Waals surface area contributed by atoms with E-state index in [1.807, 2.05) is 43.8 Å². The molecule has 0 aliphatic rings. The first kappa shape index (κ1) is 16.4. The molecule has 0 fully saturated rings. The van der Waals surface area contributed by atoms with Crippen molar-refractivity contribution in [2.75, 3.05) is 5.32 Å². The molecule has 118 valence electrons. The summed E-state index contributed by atoms with van der Waals surface area (Å²) in [4.78, 5) is 14.2. The van der Waals surface area contributed by atoms with Crippen molar-refractivity contribution >= 4 is 23.3 Å². The van der Waals surface area contributed by atoms with Gasteiger partial charge < -0.3 is 14.8 Å². The Labute approximate surface area is 134 Å². The molecule has 0 saturated carbocycles. The van der Waals surface area contributed by atoms with Gasteiger partial charge in [-0.3, -0.25) is 0 Å². The number of nitrogens with one attached hydrogen (secondary N) is 1. The molecule has 1 heterocycles. The number of halogens is 2. The highest BCUT2D eigenvalue weighted by atomic mass is 35.5. The van der Waals surface area contributed by atoms with Crippen LogP contribution in [0.25, 0.3) is 0 Å². The number of anilines is 1. The minimum Gasteiger partial charge on any atom is -0.353 e. The zero-order valence-electron chi connectivity index (χ0n) is 12.8. The van der Waals surface area contributed by atoms with Gasteiger partial charge >= 0.3 is 6.03 Å². The van der Waals surface area contributed by atoms with Crippen molar-refractivity contribution in [3.05, 3.63) is 53.1 Å². The number of carbonyl (C=O) groups excluding carboxylic acids is 1. The number of hydrogen-bond donors (Lipinski definition) is 1. The molecular formula is C16H19ClFN3O. The molecular weight excluding hydrogens is 305 g/mol. The number of carbonyl (C=O) groups is 1. The van der Waals surface area contributed by atoms with Crippen LogP contribution in [0.1, 0.15) is 19.5 Å². The minimum absolute atomic E-state index is 0.0173. The zero-order valence-corrected chi connectivity index (χ0v) is 13.6. The summed E-state index contributed by atoms with van der Waals surface area (Å²) in [6.07, 6.45) is 1.94. The van der Waals surface area contributed by atoms with Gasteiger partial charge in [-0.05, 0) is 44.2 Å². The Hall–Kier alpha value is -2.01. The lowest BCUT2D eigenvalue weighted by molar-refractivity contribution is 0.192. The number of urea groups is 1. The van der Waals surface area contributed by atoms with Gasteiger partial charge in [-0.25, -0.2) is 9.18 Å². The molecule has 2 amide bonds. The van der Waals surface area contributed by atoms with E-state index in [0.717, 1.165) is 5.69 Å². The summed E-state index contributed by atoms with van der Waals surface area (Å²) in [7, 11) is 1.94. The molecule has 22 heavy (non-hydrogen) atoms. The molecule has 1 N–H and O–H groups in total. The third-order valence-corrected chi connectivity index (χ3v) is 3.73. The normalized spacial score (nSPS) is 10.8. The van der Waals surface area contributed by atoms with Crippen molar-refractivity contribution in [3.8, 4) is 0 Å². The molecule has 0 unspecified atom stereocenters.